The van der Waals surface area contributed by atoms with Gasteiger partial charge in [-0.2, -0.15) is 0 Å². The van der Waals surface area contributed by atoms with E-state index in [1.165, 1.54) is 22.3 Å². The Kier molecular flexibility index (Phi) is 2.56. The quantitative estimate of drug-likeness (QED) is 0.667. The first-order valence-electron chi connectivity index (χ1n) is 7.48. The molecule has 0 fully saturated rings. The van der Waals surface area contributed by atoms with E-state index >= 15 is 0 Å². The van der Waals surface area contributed by atoms with Gasteiger partial charge in [0.15, 0.2) is 0 Å². The van der Waals surface area contributed by atoms with Crippen LogP contribution in [0.15, 0.2) is 53.5 Å². The van der Waals surface area contributed by atoms with Crippen molar-refractivity contribution in [2.75, 3.05) is 0 Å². The molecule has 0 radical (unpaired) electrons. The normalized spacial score (nSPS) is 30.3. The topological polar surface area (TPSA) is 12.4 Å². The van der Waals surface area contributed by atoms with E-state index in [-0.39, 0.29) is 0 Å². The Morgan fingerprint density at radius 3 is 2.25 bits per heavy atom. The van der Waals surface area contributed by atoms with Crippen molar-refractivity contribution in [2.45, 2.75) is 31.7 Å². The van der Waals surface area contributed by atoms with E-state index in [1.807, 2.05) is 0 Å². The lowest BCUT2D eigenvalue weighted by Gasteiger charge is -2.27. The van der Waals surface area contributed by atoms with Crippen molar-refractivity contribution in [1.82, 2.24) is 0 Å². The molecule has 0 spiro atoms. The standard InChI is InChI=1S/C19H19N/c1-12-18-13(2)20-11-14-7-3-4-8-15(14)19(12)17-10-6-5-9-16(17)18/h3-13,18-19H,1-2H3. The summed E-state index contributed by atoms with van der Waals surface area (Å²) >= 11 is 0. The Balaban J connectivity index is 2.03. The lowest BCUT2D eigenvalue weighted by atomic mass is 9.79. The van der Waals surface area contributed by atoms with E-state index in [0.717, 1.165) is 0 Å². The lowest BCUT2D eigenvalue weighted by molar-refractivity contribution is 0.409. The molecule has 1 aliphatic carbocycles. The summed E-state index contributed by atoms with van der Waals surface area (Å²) < 4.78 is 0. The van der Waals surface area contributed by atoms with Crippen LogP contribution in [0.1, 0.15) is 47.9 Å². The van der Waals surface area contributed by atoms with E-state index in [2.05, 4.69) is 68.6 Å². The van der Waals surface area contributed by atoms with Crippen LogP contribution >= 0.6 is 0 Å². The van der Waals surface area contributed by atoms with Crippen LogP contribution in [-0.2, 0) is 0 Å². The minimum atomic E-state index is 0.351. The highest BCUT2D eigenvalue weighted by Crippen LogP contribution is 2.52. The van der Waals surface area contributed by atoms with Gasteiger partial charge in [-0.15, -0.1) is 0 Å². The highest BCUT2D eigenvalue weighted by molar-refractivity contribution is 5.83. The summed E-state index contributed by atoms with van der Waals surface area (Å²) in [6, 6.07) is 18.0. The molecule has 20 heavy (non-hydrogen) atoms. The Morgan fingerprint density at radius 1 is 0.800 bits per heavy atom. The number of aliphatic imine (C=N–C) groups is 1. The van der Waals surface area contributed by atoms with Gasteiger partial charge in [0.05, 0.1) is 6.04 Å². The maximum Gasteiger partial charge on any atom is 0.0543 e. The van der Waals surface area contributed by atoms with E-state index in [4.69, 9.17) is 4.99 Å². The van der Waals surface area contributed by atoms with Crippen molar-refractivity contribution in [1.29, 1.82) is 0 Å². The molecule has 2 aromatic carbocycles. The fourth-order valence-corrected chi connectivity index (χ4v) is 4.22. The maximum atomic E-state index is 4.83. The van der Waals surface area contributed by atoms with E-state index in [0.29, 0.717) is 23.8 Å². The van der Waals surface area contributed by atoms with Gasteiger partial charge in [0, 0.05) is 18.1 Å². The average Bonchev–Trinajstić information content (AvgIpc) is 2.78. The number of hydrogen-bond acceptors (Lipinski definition) is 1. The summed E-state index contributed by atoms with van der Waals surface area (Å²) in [5, 5.41) is 0. The number of nitrogens with zero attached hydrogens (tertiary/aromatic N) is 1. The smallest absolute Gasteiger partial charge is 0.0543 e. The van der Waals surface area contributed by atoms with Crippen LogP contribution in [0.5, 0.6) is 0 Å². The molecule has 1 aliphatic heterocycles. The van der Waals surface area contributed by atoms with Gasteiger partial charge in [-0.1, -0.05) is 55.5 Å². The summed E-state index contributed by atoms with van der Waals surface area (Å²) in [5.74, 6) is 1.67. The molecule has 0 saturated heterocycles. The van der Waals surface area contributed by atoms with Crippen LogP contribution < -0.4 is 0 Å². The van der Waals surface area contributed by atoms with Gasteiger partial charge in [0.25, 0.3) is 0 Å². The molecule has 1 heterocycles. The van der Waals surface area contributed by atoms with Crippen LogP contribution in [0.2, 0.25) is 0 Å². The van der Waals surface area contributed by atoms with Gasteiger partial charge in [0.1, 0.15) is 0 Å². The van der Waals surface area contributed by atoms with Crippen LogP contribution in [0.25, 0.3) is 0 Å². The molecule has 0 N–H and O–H groups in total. The summed E-state index contributed by atoms with van der Waals surface area (Å²) in [6.45, 7) is 4.65. The number of benzene rings is 2. The SMILES string of the molecule is CC1N=Cc2ccccc2C2c3ccccc3C1C2C. The molecular formula is C19H19N. The maximum absolute atomic E-state index is 4.83. The van der Waals surface area contributed by atoms with Crippen LogP contribution in [0, 0.1) is 5.92 Å². The second-order valence-electron chi connectivity index (χ2n) is 6.14. The predicted octanol–water partition coefficient (Wildman–Crippen LogP) is 4.37. The zero-order valence-corrected chi connectivity index (χ0v) is 12.0. The van der Waals surface area contributed by atoms with E-state index in [9.17, 15) is 0 Å². The third-order valence-corrected chi connectivity index (χ3v) is 5.08. The van der Waals surface area contributed by atoms with E-state index < -0.39 is 0 Å². The summed E-state index contributed by atoms with van der Waals surface area (Å²) in [6.07, 6.45) is 2.08. The molecule has 2 aromatic rings. The molecule has 2 bridgehead atoms. The van der Waals surface area contributed by atoms with Gasteiger partial charge >= 0.3 is 0 Å². The van der Waals surface area contributed by atoms with Crippen molar-refractivity contribution >= 4 is 6.21 Å². The largest absolute Gasteiger partial charge is 0.289 e. The molecule has 2 aliphatic rings. The molecule has 4 rings (SSSR count). The first-order chi connectivity index (χ1) is 9.77. The van der Waals surface area contributed by atoms with Crippen molar-refractivity contribution in [2.24, 2.45) is 10.9 Å². The van der Waals surface area contributed by atoms with Gasteiger partial charge in [-0.05, 0) is 35.1 Å². The lowest BCUT2D eigenvalue weighted by Crippen LogP contribution is -2.21. The summed E-state index contributed by atoms with van der Waals surface area (Å²) in [7, 11) is 0. The zero-order chi connectivity index (χ0) is 13.7. The molecule has 100 valence electrons. The monoisotopic (exact) mass is 261 g/mol. The molecule has 4 unspecified atom stereocenters. The Morgan fingerprint density at radius 2 is 1.45 bits per heavy atom. The number of rotatable bonds is 0. The van der Waals surface area contributed by atoms with Crippen molar-refractivity contribution in [3.63, 3.8) is 0 Å². The second kappa shape index (κ2) is 4.31. The van der Waals surface area contributed by atoms with Gasteiger partial charge in [0.2, 0.25) is 0 Å². The molecule has 0 saturated carbocycles. The van der Waals surface area contributed by atoms with Gasteiger partial charge < -0.3 is 0 Å². The van der Waals surface area contributed by atoms with Crippen LogP contribution in [-0.4, -0.2) is 12.3 Å². The van der Waals surface area contributed by atoms with Crippen molar-refractivity contribution in [3.05, 3.63) is 70.8 Å². The molecule has 4 atom stereocenters. The third kappa shape index (κ3) is 1.53. The zero-order valence-electron chi connectivity index (χ0n) is 12.0. The summed E-state index contributed by atoms with van der Waals surface area (Å²) in [5.41, 5.74) is 5.73. The summed E-state index contributed by atoms with van der Waals surface area (Å²) in [4.78, 5) is 4.83. The Bertz CT molecular complexity index is 686. The van der Waals surface area contributed by atoms with Crippen molar-refractivity contribution < 1.29 is 0 Å². The highest BCUT2D eigenvalue weighted by atomic mass is 14.8. The number of fused-ring (bicyclic) bond motifs is 7. The average molecular weight is 261 g/mol. The second-order valence-corrected chi connectivity index (χ2v) is 6.14. The Labute approximate surface area is 120 Å². The van der Waals surface area contributed by atoms with Crippen molar-refractivity contribution in [3.8, 4) is 0 Å². The van der Waals surface area contributed by atoms with Gasteiger partial charge in [-0.25, -0.2) is 0 Å². The molecular weight excluding hydrogens is 242 g/mol. The first kappa shape index (κ1) is 11.9. The molecule has 1 nitrogen and oxygen atoms in total. The first-order valence-corrected chi connectivity index (χ1v) is 7.48. The fraction of sp³-hybridized carbons (Fsp3) is 0.316. The minimum Gasteiger partial charge on any atom is -0.289 e. The van der Waals surface area contributed by atoms with Crippen LogP contribution in [0.3, 0.4) is 0 Å². The molecule has 0 aromatic heterocycles. The highest BCUT2D eigenvalue weighted by Gasteiger charge is 2.42. The fourth-order valence-electron chi connectivity index (χ4n) is 4.22. The predicted molar refractivity (Wildman–Crippen MR) is 83.7 cm³/mol. The van der Waals surface area contributed by atoms with Gasteiger partial charge in [-0.3, -0.25) is 4.99 Å². The Hall–Kier alpha value is -1.89. The third-order valence-electron chi connectivity index (χ3n) is 5.08. The molecule has 1 heteroatoms. The molecule has 0 amide bonds. The minimum absolute atomic E-state index is 0.351. The van der Waals surface area contributed by atoms with E-state index in [1.54, 1.807) is 0 Å². The number of hydrogen-bond donors (Lipinski definition) is 0. The van der Waals surface area contributed by atoms with Crippen LogP contribution in [0.4, 0.5) is 0 Å².